The topological polar surface area (TPSA) is 64.9 Å². The van der Waals surface area contributed by atoms with Crippen LogP contribution in [0.15, 0.2) is 42.6 Å². The Bertz CT molecular complexity index is 553. The molecule has 0 radical (unpaired) electrons. The van der Waals surface area contributed by atoms with Gasteiger partial charge in [-0.2, -0.15) is 5.26 Å². The van der Waals surface area contributed by atoms with Crippen LogP contribution in [0.4, 0.5) is 5.69 Å². The zero-order valence-corrected chi connectivity index (χ0v) is 11.2. The molecular formula is C15H17N3O. The summed E-state index contributed by atoms with van der Waals surface area (Å²) < 4.78 is 0. The molecule has 2 N–H and O–H groups in total. The summed E-state index contributed by atoms with van der Waals surface area (Å²) in [6.45, 7) is 7.94. The lowest BCUT2D eigenvalue weighted by Crippen LogP contribution is -2.17. The van der Waals surface area contributed by atoms with Crippen LogP contribution in [-0.2, 0) is 4.79 Å². The van der Waals surface area contributed by atoms with Crippen molar-refractivity contribution in [3.63, 3.8) is 0 Å². The fraction of sp³-hybridized carbons (Fsp3) is 0.200. The number of amides is 1. The number of rotatable bonds is 5. The Balaban J connectivity index is 2.83. The predicted octanol–water partition coefficient (Wildman–Crippen LogP) is 2.43. The van der Waals surface area contributed by atoms with Crippen LogP contribution in [0, 0.1) is 25.2 Å². The van der Waals surface area contributed by atoms with Gasteiger partial charge in [-0.1, -0.05) is 18.2 Å². The lowest BCUT2D eigenvalue weighted by Gasteiger charge is -2.09. The van der Waals surface area contributed by atoms with Gasteiger partial charge in [0.1, 0.15) is 11.6 Å². The van der Waals surface area contributed by atoms with E-state index in [1.54, 1.807) is 6.08 Å². The van der Waals surface area contributed by atoms with Crippen molar-refractivity contribution in [2.24, 2.45) is 0 Å². The summed E-state index contributed by atoms with van der Waals surface area (Å²) in [5.41, 5.74) is 2.83. The number of nitriles is 1. The van der Waals surface area contributed by atoms with Gasteiger partial charge in [-0.05, 0) is 31.0 Å². The number of benzene rings is 1. The summed E-state index contributed by atoms with van der Waals surface area (Å²) in [5.74, 6) is -0.423. The molecular weight excluding hydrogens is 238 g/mol. The lowest BCUT2D eigenvalue weighted by molar-refractivity contribution is -0.112. The van der Waals surface area contributed by atoms with E-state index in [0.717, 1.165) is 16.8 Å². The Morgan fingerprint density at radius 3 is 2.84 bits per heavy atom. The largest absolute Gasteiger partial charge is 0.386 e. The summed E-state index contributed by atoms with van der Waals surface area (Å²) in [6.07, 6.45) is 3.04. The van der Waals surface area contributed by atoms with E-state index < -0.39 is 5.91 Å². The number of nitrogens with zero attached hydrogens (tertiary/aromatic N) is 1. The third kappa shape index (κ3) is 4.00. The van der Waals surface area contributed by atoms with Gasteiger partial charge in [0.15, 0.2) is 0 Å². The average molecular weight is 255 g/mol. The first kappa shape index (κ1) is 14.5. The minimum Gasteiger partial charge on any atom is -0.386 e. The van der Waals surface area contributed by atoms with Gasteiger partial charge < -0.3 is 10.6 Å². The van der Waals surface area contributed by atoms with Crippen molar-refractivity contribution in [3.8, 4) is 6.07 Å². The van der Waals surface area contributed by atoms with Crippen LogP contribution >= 0.6 is 0 Å². The number of aryl methyl sites for hydroxylation is 1. The molecule has 19 heavy (non-hydrogen) atoms. The molecule has 0 aliphatic heterocycles. The first-order valence-corrected chi connectivity index (χ1v) is 5.92. The normalized spacial score (nSPS) is 10.5. The summed E-state index contributed by atoms with van der Waals surface area (Å²) in [5, 5.41) is 14.5. The molecule has 0 bridgehead atoms. The molecule has 1 aromatic rings. The quantitative estimate of drug-likeness (QED) is 0.367. The molecule has 1 aromatic carbocycles. The van der Waals surface area contributed by atoms with Crippen molar-refractivity contribution in [2.45, 2.75) is 13.8 Å². The van der Waals surface area contributed by atoms with Crippen molar-refractivity contribution in [1.82, 2.24) is 5.32 Å². The molecule has 0 spiro atoms. The Kier molecular flexibility index (Phi) is 5.36. The summed E-state index contributed by atoms with van der Waals surface area (Å²) in [4.78, 5) is 11.9. The molecule has 1 rings (SSSR count). The van der Waals surface area contributed by atoms with Crippen LogP contribution in [0.25, 0.3) is 0 Å². The first-order valence-electron chi connectivity index (χ1n) is 5.92. The minimum absolute atomic E-state index is 0.0303. The van der Waals surface area contributed by atoms with E-state index in [-0.39, 0.29) is 5.57 Å². The van der Waals surface area contributed by atoms with Crippen molar-refractivity contribution < 1.29 is 4.79 Å². The van der Waals surface area contributed by atoms with E-state index in [2.05, 4.69) is 17.2 Å². The molecule has 0 saturated carbocycles. The van der Waals surface area contributed by atoms with Crippen LogP contribution in [0.1, 0.15) is 11.1 Å². The van der Waals surface area contributed by atoms with Gasteiger partial charge >= 0.3 is 0 Å². The first-order chi connectivity index (χ1) is 9.10. The van der Waals surface area contributed by atoms with Crippen LogP contribution < -0.4 is 10.6 Å². The molecule has 0 aliphatic rings. The summed E-state index contributed by atoms with van der Waals surface area (Å²) >= 11 is 0. The van der Waals surface area contributed by atoms with Gasteiger partial charge in [-0.15, -0.1) is 6.58 Å². The second kappa shape index (κ2) is 7.02. The monoisotopic (exact) mass is 255 g/mol. The van der Waals surface area contributed by atoms with Gasteiger partial charge in [0, 0.05) is 18.4 Å². The van der Waals surface area contributed by atoms with E-state index in [1.807, 2.05) is 38.1 Å². The Hall–Kier alpha value is -2.54. The average Bonchev–Trinajstić information content (AvgIpc) is 2.40. The minimum atomic E-state index is -0.423. The number of hydrogen-bond donors (Lipinski definition) is 2. The number of nitrogens with one attached hydrogen (secondary N) is 2. The van der Waals surface area contributed by atoms with E-state index in [9.17, 15) is 4.79 Å². The van der Waals surface area contributed by atoms with Gasteiger partial charge in [0.2, 0.25) is 0 Å². The highest BCUT2D eigenvalue weighted by Crippen LogP contribution is 2.18. The zero-order chi connectivity index (χ0) is 14.3. The van der Waals surface area contributed by atoms with Gasteiger partial charge in [-0.3, -0.25) is 4.79 Å². The number of anilines is 1. The highest BCUT2D eigenvalue weighted by molar-refractivity contribution is 6.06. The molecule has 0 saturated heterocycles. The number of hydrogen-bond acceptors (Lipinski definition) is 3. The second-order valence-corrected chi connectivity index (χ2v) is 4.07. The third-order valence-electron chi connectivity index (χ3n) is 2.73. The third-order valence-corrected chi connectivity index (χ3v) is 2.73. The fourth-order valence-corrected chi connectivity index (χ4v) is 1.47. The SMILES string of the molecule is C=CCN/C=C(/C#N)C(=O)Nc1cccc(C)c1C. The summed E-state index contributed by atoms with van der Waals surface area (Å²) in [7, 11) is 0. The number of carbonyl (C=O) groups is 1. The Morgan fingerprint density at radius 2 is 2.21 bits per heavy atom. The smallest absolute Gasteiger partial charge is 0.267 e. The Labute approximate surface area is 113 Å². The van der Waals surface area contributed by atoms with Crippen LogP contribution in [0.2, 0.25) is 0 Å². The van der Waals surface area contributed by atoms with E-state index in [0.29, 0.717) is 6.54 Å². The van der Waals surface area contributed by atoms with Gasteiger partial charge in [0.05, 0.1) is 0 Å². The molecule has 98 valence electrons. The van der Waals surface area contributed by atoms with Gasteiger partial charge in [0.25, 0.3) is 5.91 Å². The van der Waals surface area contributed by atoms with Crippen molar-refractivity contribution in [1.29, 1.82) is 5.26 Å². The molecule has 0 fully saturated rings. The maximum Gasteiger partial charge on any atom is 0.267 e. The lowest BCUT2D eigenvalue weighted by atomic mass is 10.1. The van der Waals surface area contributed by atoms with E-state index in [4.69, 9.17) is 5.26 Å². The summed E-state index contributed by atoms with van der Waals surface area (Å²) in [6, 6.07) is 7.51. The van der Waals surface area contributed by atoms with E-state index in [1.165, 1.54) is 6.20 Å². The maximum absolute atomic E-state index is 11.9. The molecule has 0 aliphatic carbocycles. The van der Waals surface area contributed by atoms with Crippen LogP contribution in [-0.4, -0.2) is 12.5 Å². The molecule has 4 nitrogen and oxygen atoms in total. The van der Waals surface area contributed by atoms with Crippen LogP contribution in [0.5, 0.6) is 0 Å². The van der Waals surface area contributed by atoms with Crippen molar-refractivity contribution in [3.05, 3.63) is 53.8 Å². The second-order valence-electron chi connectivity index (χ2n) is 4.07. The highest BCUT2D eigenvalue weighted by Gasteiger charge is 2.10. The van der Waals surface area contributed by atoms with Gasteiger partial charge in [-0.25, -0.2) is 0 Å². The molecule has 1 amide bonds. The van der Waals surface area contributed by atoms with E-state index >= 15 is 0 Å². The molecule has 0 aromatic heterocycles. The van der Waals surface area contributed by atoms with Crippen molar-refractivity contribution in [2.75, 3.05) is 11.9 Å². The Morgan fingerprint density at radius 1 is 1.47 bits per heavy atom. The molecule has 0 atom stereocenters. The fourth-order valence-electron chi connectivity index (χ4n) is 1.47. The number of carbonyl (C=O) groups excluding carboxylic acids is 1. The van der Waals surface area contributed by atoms with Crippen molar-refractivity contribution >= 4 is 11.6 Å². The predicted molar refractivity (Wildman–Crippen MR) is 76.4 cm³/mol. The zero-order valence-electron chi connectivity index (χ0n) is 11.2. The highest BCUT2D eigenvalue weighted by atomic mass is 16.1. The molecule has 0 unspecified atom stereocenters. The van der Waals surface area contributed by atoms with Crippen LogP contribution in [0.3, 0.4) is 0 Å². The molecule has 4 heteroatoms. The standard InChI is InChI=1S/C15H17N3O/c1-4-8-17-10-13(9-16)15(19)18-14-7-5-6-11(2)12(14)3/h4-7,10,17H,1,8H2,2-3H3,(H,18,19)/b13-10-. The maximum atomic E-state index is 11.9. The molecule has 0 heterocycles.